The molecule has 0 atom stereocenters. The maximum atomic E-state index is 8.99. The van der Waals surface area contributed by atoms with E-state index in [0.29, 0.717) is 10.8 Å². The summed E-state index contributed by atoms with van der Waals surface area (Å²) in [5.41, 5.74) is 0. The van der Waals surface area contributed by atoms with Crippen LogP contribution in [0.15, 0.2) is 18.2 Å². The molecule has 4 heteroatoms. The molecule has 1 aromatic rings. The number of rotatable bonds is 3. The van der Waals surface area contributed by atoms with Crippen molar-refractivity contribution < 1.29 is 14.6 Å². The highest BCUT2D eigenvalue weighted by Crippen LogP contribution is 2.27. The van der Waals surface area contributed by atoms with Gasteiger partial charge in [-0.05, 0) is 12.1 Å². The molecule has 0 aliphatic heterocycles. The molecule has 0 amide bonds. The SMILES string of the molecule is COCOc1ccc(O)cc1Cl. The summed E-state index contributed by atoms with van der Waals surface area (Å²) in [6.07, 6.45) is 0. The second-order valence-corrected chi connectivity index (χ2v) is 2.57. The maximum absolute atomic E-state index is 8.99. The Labute approximate surface area is 75.5 Å². The van der Waals surface area contributed by atoms with Crippen molar-refractivity contribution >= 4 is 11.6 Å². The zero-order valence-corrected chi connectivity index (χ0v) is 7.34. The van der Waals surface area contributed by atoms with Crippen molar-refractivity contribution in [2.75, 3.05) is 13.9 Å². The number of ether oxygens (including phenoxy) is 2. The van der Waals surface area contributed by atoms with E-state index >= 15 is 0 Å². The second kappa shape index (κ2) is 4.18. The lowest BCUT2D eigenvalue weighted by Gasteiger charge is -2.05. The van der Waals surface area contributed by atoms with E-state index in [2.05, 4.69) is 4.74 Å². The zero-order chi connectivity index (χ0) is 8.97. The first-order chi connectivity index (χ1) is 5.74. The fourth-order valence-corrected chi connectivity index (χ4v) is 0.959. The smallest absolute Gasteiger partial charge is 0.188 e. The van der Waals surface area contributed by atoms with Crippen LogP contribution in [0.2, 0.25) is 5.02 Å². The fraction of sp³-hybridized carbons (Fsp3) is 0.250. The highest BCUT2D eigenvalue weighted by molar-refractivity contribution is 6.32. The van der Waals surface area contributed by atoms with Crippen molar-refractivity contribution in [2.45, 2.75) is 0 Å². The molecule has 66 valence electrons. The minimum atomic E-state index is 0.116. The first kappa shape index (κ1) is 9.16. The van der Waals surface area contributed by atoms with Gasteiger partial charge in [0.05, 0.1) is 5.02 Å². The van der Waals surface area contributed by atoms with Crippen molar-refractivity contribution in [1.82, 2.24) is 0 Å². The number of phenols is 1. The molecule has 1 rings (SSSR count). The number of benzene rings is 1. The van der Waals surface area contributed by atoms with E-state index in [1.807, 2.05) is 0 Å². The number of methoxy groups -OCH3 is 1. The van der Waals surface area contributed by atoms with Crippen LogP contribution >= 0.6 is 11.6 Å². The van der Waals surface area contributed by atoms with Gasteiger partial charge in [0.2, 0.25) is 0 Å². The molecule has 3 nitrogen and oxygen atoms in total. The van der Waals surface area contributed by atoms with Crippen LogP contribution in [0, 0.1) is 0 Å². The Bertz CT molecular complexity index is 262. The van der Waals surface area contributed by atoms with Crippen LogP contribution in [0.25, 0.3) is 0 Å². The highest BCUT2D eigenvalue weighted by Gasteiger charge is 2.01. The van der Waals surface area contributed by atoms with Gasteiger partial charge < -0.3 is 14.6 Å². The molecule has 0 bridgehead atoms. The highest BCUT2D eigenvalue weighted by atomic mass is 35.5. The predicted octanol–water partition coefficient (Wildman–Crippen LogP) is 2.03. The normalized spacial score (nSPS) is 9.83. The number of hydrogen-bond donors (Lipinski definition) is 1. The van der Waals surface area contributed by atoms with Crippen molar-refractivity contribution in [2.24, 2.45) is 0 Å². The molecule has 0 saturated carbocycles. The minimum Gasteiger partial charge on any atom is -0.508 e. The van der Waals surface area contributed by atoms with Gasteiger partial charge in [-0.2, -0.15) is 0 Å². The van der Waals surface area contributed by atoms with Crippen molar-refractivity contribution in [3.63, 3.8) is 0 Å². The van der Waals surface area contributed by atoms with E-state index in [4.69, 9.17) is 21.4 Å². The molecule has 0 aromatic heterocycles. The minimum absolute atomic E-state index is 0.116. The van der Waals surface area contributed by atoms with Gasteiger partial charge in [-0.25, -0.2) is 0 Å². The molecule has 1 N–H and O–H groups in total. The van der Waals surface area contributed by atoms with E-state index in [1.165, 1.54) is 19.2 Å². The van der Waals surface area contributed by atoms with Crippen LogP contribution in [0.1, 0.15) is 0 Å². The van der Waals surface area contributed by atoms with Gasteiger partial charge in [-0.15, -0.1) is 0 Å². The molecule has 12 heavy (non-hydrogen) atoms. The van der Waals surface area contributed by atoms with Gasteiger partial charge in [0.15, 0.2) is 6.79 Å². The molecule has 1 aromatic carbocycles. The molecule has 0 heterocycles. The predicted molar refractivity (Wildman–Crippen MR) is 45.6 cm³/mol. The Hall–Kier alpha value is -0.930. The average molecular weight is 189 g/mol. The third kappa shape index (κ3) is 2.29. The first-order valence-electron chi connectivity index (χ1n) is 3.34. The van der Waals surface area contributed by atoms with Gasteiger partial charge >= 0.3 is 0 Å². The maximum Gasteiger partial charge on any atom is 0.188 e. The lowest BCUT2D eigenvalue weighted by Crippen LogP contribution is -1.98. The second-order valence-electron chi connectivity index (χ2n) is 2.17. The van der Waals surface area contributed by atoms with Crippen LogP contribution in [0.3, 0.4) is 0 Å². The van der Waals surface area contributed by atoms with Crippen molar-refractivity contribution in [1.29, 1.82) is 0 Å². The molecule has 0 unspecified atom stereocenters. The van der Waals surface area contributed by atoms with Crippen LogP contribution in [-0.4, -0.2) is 19.0 Å². The Morgan fingerprint density at radius 2 is 2.25 bits per heavy atom. The van der Waals surface area contributed by atoms with Crippen LogP contribution in [0.5, 0.6) is 11.5 Å². The summed E-state index contributed by atoms with van der Waals surface area (Å²) in [6.45, 7) is 0.143. The van der Waals surface area contributed by atoms with E-state index in [0.717, 1.165) is 0 Å². The fourth-order valence-electron chi connectivity index (χ4n) is 0.729. The lowest BCUT2D eigenvalue weighted by atomic mass is 10.3. The van der Waals surface area contributed by atoms with Gasteiger partial charge in [-0.1, -0.05) is 11.6 Å². The topological polar surface area (TPSA) is 38.7 Å². The Morgan fingerprint density at radius 1 is 1.50 bits per heavy atom. The van der Waals surface area contributed by atoms with Gasteiger partial charge in [0.25, 0.3) is 0 Å². The average Bonchev–Trinajstić information content (AvgIpc) is 2.03. The number of phenolic OH excluding ortho intramolecular Hbond substituents is 1. The summed E-state index contributed by atoms with van der Waals surface area (Å²) in [5, 5.41) is 9.36. The Kier molecular flexibility index (Phi) is 3.19. The zero-order valence-electron chi connectivity index (χ0n) is 6.58. The van der Waals surface area contributed by atoms with Crippen LogP contribution in [-0.2, 0) is 4.74 Å². The van der Waals surface area contributed by atoms with Gasteiger partial charge in [0, 0.05) is 13.2 Å². The monoisotopic (exact) mass is 188 g/mol. The molecule has 0 saturated heterocycles. The number of aromatic hydroxyl groups is 1. The third-order valence-corrected chi connectivity index (χ3v) is 1.54. The third-order valence-electron chi connectivity index (χ3n) is 1.25. The van der Waals surface area contributed by atoms with E-state index in [9.17, 15) is 0 Å². The van der Waals surface area contributed by atoms with Crippen LogP contribution in [0.4, 0.5) is 0 Å². The van der Waals surface area contributed by atoms with E-state index in [-0.39, 0.29) is 12.5 Å². The Morgan fingerprint density at radius 3 is 2.83 bits per heavy atom. The number of halogens is 1. The van der Waals surface area contributed by atoms with Crippen molar-refractivity contribution in [3.05, 3.63) is 23.2 Å². The molecule has 0 aliphatic carbocycles. The molecular formula is C8H9ClO3. The van der Waals surface area contributed by atoms with Gasteiger partial charge in [0.1, 0.15) is 11.5 Å². The summed E-state index contributed by atoms with van der Waals surface area (Å²) < 4.78 is 9.76. The molecular weight excluding hydrogens is 180 g/mol. The summed E-state index contributed by atoms with van der Waals surface area (Å²) in [7, 11) is 1.52. The summed E-state index contributed by atoms with van der Waals surface area (Å²) in [4.78, 5) is 0. The van der Waals surface area contributed by atoms with Crippen molar-refractivity contribution in [3.8, 4) is 11.5 Å². The molecule has 0 radical (unpaired) electrons. The van der Waals surface area contributed by atoms with E-state index < -0.39 is 0 Å². The Balaban J connectivity index is 2.72. The standard InChI is InChI=1S/C8H9ClO3/c1-11-5-12-8-3-2-6(10)4-7(8)9/h2-4,10H,5H2,1H3. The summed E-state index contributed by atoms with van der Waals surface area (Å²) >= 11 is 5.72. The molecule has 0 spiro atoms. The van der Waals surface area contributed by atoms with E-state index in [1.54, 1.807) is 6.07 Å². The first-order valence-corrected chi connectivity index (χ1v) is 3.72. The largest absolute Gasteiger partial charge is 0.508 e. The molecule has 0 aliphatic rings. The summed E-state index contributed by atoms with van der Waals surface area (Å²) in [6, 6.07) is 4.49. The van der Waals surface area contributed by atoms with Gasteiger partial charge in [-0.3, -0.25) is 0 Å². The lowest BCUT2D eigenvalue weighted by molar-refractivity contribution is 0.0511. The van der Waals surface area contributed by atoms with Crippen LogP contribution < -0.4 is 4.74 Å². The molecule has 0 fully saturated rings. The summed E-state index contributed by atoms with van der Waals surface area (Å²) in [5.74, 6) is 0.612. The number of hydrogen-bond acceptors (Lipinski definition) is 3. The quantitative estimate of drug-likeness (QED) is 0.738.